The van der Waals surface area contributed by atoms with E-state index in [0.29, 0.717) is 6.61 Å². The van der Waals surface area contributed by atoms with Crippen LogP contribution < -0.4 is 0 Å². The van der Waals surface area contributed by atoms with Crippen molar-refractivity contribution in [1.29, 1.82) is 0 Å². The van der Waals surface area contributed by atoms with Gasteiger partial charge >= 0.3 is 7.12 Å². The first-order valence-electron chi connectivity index (χ1n) is 7.61. The Morgan fingerprint density at radius 1 is 0.765 bits per heavy atom. The minimum Gasteiger partial charge on any atom is -0.427 e. The van der Waals surface area contributed by atoms with E-state index < -0.39 is 7.12 Å². The molecule has 0 saturated heterocycles. The maximum absolute atomic E-state index is 9.35. The zero-order valence-electron chi connectivity index (χ0n) is 11.9. The molecule has 2 nitrogen and oxygen atoms in total. The third kappa shape index (κ3) is 13.9. The summed E-state index contributed by atoms with van der Waals surface area (Å²) in [5, 5.41) is 9.35. The Balaban J connectivity index is 2.98. The third-order valence-corrected chi connectivity index (χ3v) is 3.16. The molecule has 0 aromatic rings. The second kappa shape index (κ2) is 14.0. The van der Waals surface area contributed by atoms with Gasteiger partial charge in [0.05, 0.1) is 0 Å². The van der Waals surface area contributed by atoms with Crippen LogP contribution in [-0.2, 0) is 4.65 Å². The molecular formula is C14H31BO2. The van der Waals surface area contributed by atoms with E-state index in [2.05, 4.69) is 6.92 Å². The van der Waals surface area contributed by atoms with Gasteiger partial charge in [-0.1, -0.05) is 71.1 Å². The van der Waals surface area contributed by atoms with Gasteiger partial charge in [0, 0.05) is 6.61 Å². The fourth-order valence-corrected chi connectivity index (χ4v) is 2.08. The highest BCUT2D eigenvalue weighted by Crippen LogP contribution is 2.11. The Kier molecular flexibility index (Phi) is 14.0. The molecule has 0 aromatic heterocycles. The van der Waals surface area contributed by atoms with Gasteiger partial charge in [0.25, 0.3) is 0 Å². The van der Waals surface area contributed by atoms with Gasteiger partial charge in [-0.15, -0.1) is 0 Å². The standard InChI is InChI=1S/C14H31BO2/c1-3-5-6-7-8-9-10-11-12-13-14-15(16)17-4-2/h16H,3-14H2,1-2H3. The molecule has 17 heavy (non-hydrogen) atoms. The molecule has 0 aromatic carbocycles. The first-order valence-corrected chi connectivity index (χ1v) is 7.61. The molecule has 0 bridgehead atoms. The lowest BCUT2D eigenvalue weighted by Crippen LogP contribution is -2.16. The molecule has 0 radical (unpaired) electrons. The summed E-state index contributed by atoms with van der Waals surface area (Å²) in [6, 6.07) is 0. The molecule has 0 fully saturated rings. The van der Waals surface area contributed by atoms with E-state index in [4.69, 9.17) is 4.65 Å². The predicted molar refractivity (Wildman–Crippen MR) is 76.2 cm³/mol. The molecule has 3 heteroatoms. The van der Waals surface area contributed by atoms with Crippen LogP contribution in [0.3, 0.4) is 0 Å². The van der Waals surface area contributed by atoms with E-state index in [0.717, 1.165) is 12.7 Å². The van der Waals surface area contributed by atoms with Gasteiger partial charge in [-0.3, -0.25) is 0 Å². The third-order valence-electron chi connectivity index (χ3n) is 3.16. The van der Waals surface area contributed by atoms with Crippen molar-refractivity contribution < 1.29 is 9.68 Å². The van der Waals surface area contributed by atoms with Crippen LogP contribution in [0.25, 0.3) is 0 Å². The second-order valence-electron chi connectivity index (χ2n) is 4.88. The zero-order valence-corrected chi connectivity index (χ0v) is 11.9. The average molecular weight is 242 g/mol. The molecule has 0 aliphatic carbocycles. The van der Waals surface area contributed by atoms with Crippen LogP contribution in [0.5, 0.6) is 0 Å². The molecule has 0 rings (SSSR count). The van der Waals surface area contributed by atoms with Gasteiger partial charge in [-0.25, -0.2) is 0 Å². The van der Waals surface area contributed by atoms with Crippen molar-refractivity contribution in [2.75, 3.05) is 6.61 Å². The molecule has 0 spiro atoms. The summed E-state index contributed by atoms with van der Waals surface area (Å²) in [7, 11) is -0.533. The van der Waals surface area contributed by atoms with Crippen molar-refractivity contribution in [3.05, 3.63) is 0 Å². The summed E-state index contributed by atoms with van der Waals surface area (Å²) in [6.45, 7) is 4.79. The van der Waals surface area contributed by atoms with Crippen LogP contribution in [0.1, 0.15) is 78.1 Å². The van der Waals surface area contributed by atoms with Gasteiger partial charge in [0.1, 0.15) is 0 Å². The van der Waals surface area contributed by atoms with Crippen molar-refractivity contribution in [3.63, 3.8) is 0 Å². The van der Waals surface area contributed by atoms with Gasteiger partial charge in [0.2, 0.25) is 0 Å². The fourth-order valence-electron chi connectivity index (χ4n) is 2.08. The monoisotopic (exact) mass is 242 g/mol. The minimum atomic E-state index is -0.533. The molecule has 0 amide bonds. The lowest BCUT2D eigenvalue weighted by atomic mass is 9.82. The van der Waals surface area contributed by atoms with E-state index in [1.54, 1.807) is 0 Å². The number of unbranched alkanes of at least 4 members (excludes halogenated alkanes) is 9. The van der Waals surface area contributed by atoms with Crippen LogP contribution >= 0.6 is 0 Å². The molecule has 102 valence electrons. The summed E-state index contributed by atoms with van der Waals surface area (Å²) in [6.07, 6.45) is 14.1. The van der Waals surface area contributed by atoms with Crippen molar-refractivity contribution in [2.45, 2.75) is 84.4 Å². The molecular weight excluding hydrogens is 211 g/mol. The lowest BCUT2D eigenvalue weighted by molar-refractivity contribution is 0.273. The molecule has 0 saturated carbocycles. The quantitative estimate of drug-likeness (QED) is 0.382. The van der Waals surface area contributed by atoms with Crippen LogP contribution in [0.2, 0.25) is 6.32 Å². The maximum Gasteiger partial charge on any atom is 0.454 e. The number of hydrogen-bond donors (Lipinski definition) is 1. The highest BCUT2D eigenvalue weighted by Gasteiger charge is 2.09. The Morgan fingerprint density at radius 3 is 1.71 bits per heavy atom. The molecule has 0 atom stereocenters. The Morgan fingerprint density at radius 2 is 1.24 bits per heavy atom. The van der Waals surface area contributed by atoms with Gasteiger partial charge in [-0.2, -0.15) is 0 Å². The Bertz CT molecular complexity index is 142. The van der Waals surface area contributed by atoms with Crippen molar-refractivity contribution >= 4 is 7.12 Å². The summed E-state index contributed by atoms with van der Waals surface area (Å²) in [5.41, 5.74) is 0. The van der Waals surface area contributed by atoms with Gasteiger partial charge in [-0.05, 0) is 13.2 Å². The Labute approximate surface area is 108 Å². The van der Waals surface area contributed by atoms with E-state index in [9.17, 15) is 5.02 Å². The summed E-state index contributed by atoms with van der Waals surface area (Å²) >= 11 is 0. The SMILES string of the molecule is CCCCCCCCCCCCB(O)OCC. The minimum absolute atomic E-state index is 0.533. The lowest BCUT2D eigenvalue weighted by Gasteiger charge is -2.05. The van der Waals surface area contributed by atoms with E-state index in [1.807, 2.05) is 6.92 Å². The maximum atomic E-state index is 9.35. The summed E-state index contributed by atoms with van der Waals surface area (Å²) < 4.78 is 5.08. The van der Waals surface area contributed by atoms with Gasteiger partial charge in [0.15, 0.2) is 0 Å². The molecule has 0 aliphatic rings. The summed E-state index contributed by atoms with van der Waals surface area (Å²) in [4.78, 5) is 0. The largest absolute Gasteiger partial charge is 0.454 e. The number of hydrogen-bond acceptors (Lipinski definition) is 2. The normalized spacial score (nSPS) is 10.8. The van der Waals surface area contributed by atoms with Crippen LogP contribution in [0.4, 0.5) is 0 Å². The first-order chi connectivity index (χ1) is 8.31. The van der Waals surface area contributed by atoms with Crippen molar-refractivity contribution in [3.8, 4) is 0 Å². The number of rotatable bonds is 13. The zero-order chi connectivity index (χ0) is 12.8. The highest BCUT2D eigenvalue weighted by atomic mass is 16.5. The van der Waals surface area contributed by atoms with E-state index >= 15 is 0 Å². The Hall–Kier alpha value is -0.0151. The second-order valence-corrected chi connectivity index (χ2v) is 4.88. The van der Waals surface area contributed by atoms with Crippen molar-refractivity contribution in [1.82, 2.24) is 0 Å². The molecule has 0 aliphatic heterocycles. The smallest absolute Gasteiger partial charge is 0.427 e. The molecule has 1 N–H and O–H groups in total. The fraction of sp³-hybridized carbons (Fsp3) is 1.00. The average Bonchev–Trinajstić information content (AvgIpc) is 2.32. The molecule has 0 unspecified atom stereocenters. The van der Waals surface area contributed by atoms with Gasteiger partial charge < -0.3 is 9.68 Å². The molecule has 0 heterocycles. The van der Waals surface area contributed by atoms with Crippen LogP contribution in [0.15, 0.2) is 0 Å². The predicted octanol–water partition coefficient (Wildman–Crippen LogP) is 4.42. The summed E-state index contributed by atoms with van der Waals surface area (Å²) in [5.74, 6) is 0. The first kappa shape index (κ1) is 17.0. The van der Waals surface area contributed by atoms with Crippen LogP contribution in [-0.4, -0.2) is 18.7 Å². The van der Waals surface area contributed by atoms with E-state index in [-0.39, 0.29) is 0 Å². The van der Waals surface area contributed by atoms with E-state index in [1.165, 1.54) is 57.8 Å². The highest BCUT2D eigenvalue weighted by molar-refractivity contribution is 6.42. The van der Waals surface area contributed by atoms with Crippen LogP contribution in [0, 0.1) is 0 Å². The topological polar surface area (TPSA) is 29.5 Å². The van der Waals surface area contributed by atoms with Crippen molar-refractivity contribution in [2.24, 2.45) is 0 Å².